The van der Waals surface area contributed by atoms with E-state index in [2.05, 4.69) is 15.9 Å². The molecule has 0 amide bonds. The first-order valence-corrected chi connectivity index (χ1v) is 3.99. The van der Waals surface area contributed by atoms with Crippen molar-refractivity contribution in [1.29, 1.82) is 0 Å². The first-order valence-electron chi connectivity index (χ1n) is 4.32. The summed E-state index contributed by atoms with van der Waals surface area (Å²) >= 11 is 9.02. The maximum Gasteiger partial charge on any atom is 0.0419 e. The fourth-order valence-electron chi connectivity index (χ4n) is 0.713. The number of hydrogen-bond donors (Lipinski definition) is 0. The van der Waals surface area contributed by atoms with Crippen LogP contribution in [0.25, 0.3) is 0 Å². The molecule has 10 heavy (non-hydrogen) atoms. The Morgan fingerprint density at radius 1 is 1.60 bits per heavy atom. The Morgan fingerprint density at radius 2 is 2.40 bits per heavy atom. The van der Waals surface area contributed by atoms with Gasteiger partial charge in [-0.3, -0.25) is 0 Å². The van der Waals surface area contributed by atoms with E-state index in [-0.39, 0.29) is 6.42 Å². The van der Waals surface area contributed by atoms with E-state index < -0.39 is 6.85 Å². The molecule has 0 spiro atoms. The van der Waals surface area contributed by atoms with E-state index in [1.807, 2.05) is 0 Å². The molecule has 0 nitrogen and oxygen atoms in total. The van der Waals surface area contributed by atoms with Crippen molar-refractivity contribution in [1.82, 2.24) is 0 Å². The zero-order valence-corrected chi connectivity index (χ0v) is 7.54. The van der Waals surface area contributed by atoms with Crippen LogP contribution in [0.1, 0.15) is 16.5 Å². The minimum atomic E-state index is -1.94. The first-order chi connectivity index (χ1) is 5.87. The summed E-state index contributed by atoms with van der Waals surface area (Å²) in [7, 11) is 0. The van der Waals surface area contributed by atoms with Crippen molar-refractivity contribution in [3.63, 3.8) is 0 Å². The third-order valence-corrected chi connectivity index (χ3v) is 1.80. The molecule has 0 N–H and O–H groups in total. The Bertz CT molecular complexity index is 288. The number of aryl methyl sites for hydroxylation is 1. The Balaban J connectivity index is 2.90. The van der Waals surface area contributed by atoms with E-state index in [1.165, 1.54) is 0 Å². The molecule has 0 bridgehead atoms. The van der Waals surface area contributed by atoms with Crippen molar-refractivity contribution in [3.05, 3.63) is 33.3 Å². The maximum atomic E-state index is 7.09. The Hall–Kier alpha value is -0.0100. The van der Waals surface area contributed by atoms with Crippen molar-refractivity contribution in [3.8, 4) is 0 Å². The van der Waals surface area contributed by atoms with Gasteiger partial charge in [0, 0.05) is 13.6 Å². The quantitative estimate of drug-likeness (QED) is 0.680. The molecular weight excluding hydrogens is 211 g/mol. The van der Waals surface area contributed by atoms with Crippen LogP contribution in [0.15, 0.2) is 22.7 Å². The highest BCUT2D eigenvalue weighted by Crippen LogP contribution is 2.19. The molecule has 0 fully saturated rings. The molecule has 0 unspecified atom stereocenters. The summed E-state index contributed by atoms with van der Waals surface area (Å²) in [5.41, 5.74) is 0.722. The van der Waals surface area contributed by atoms with Crippen molar-refractivity contribution >= 4 is 27.5 Å². The van der Waals surface area contributed by atoms with Gasteiger partial charge in [0.25, 0.3) is 0 Å². The minimum absolute atomic E-state index is 0.0478. The lowest BCUT2D eigenvalue weighted by molar-refractivity contribution is 1.14. The average Bonchev–Trinajstić information content (AvgIpc) is 1.78. The van der Waals surface area contributed by atoms with Gasteiger partial charge in [-0.1, -0.05) is 34.4 Å². The number of rotatable bonds is 1. The third-order valence-electron chi connectivity index (χ3n) is 1.13. The number of halogens is 2. The summed E-state index contributed by atoms with van der Waals surface area (Å²) in [6.45, 7) is -1.94. The lowest BCUT2D eigenvalue weighted by Gasteiger charge is -1.97. The van der Waals surface area contributed by atoms with Gasteiger partial charge in [0.2, 0.25) is 0 Å². The lowest BCUT2D eigenvalue weighted by Crippen LogP contribution is -1.78. The third kappa shape index (κ3) is 1.99. The zero-order valence-electron chi connectivity index (χ0n) is 8.20. The van der Waals surface area contributed by atoms with E-state index in [0.717, 1.165) is 10.0 Å². The summed E-state index contributed by atoms with van der Waals surface area (Å²) in [4.78, 5) is 0. The van der Waals surface area contributed by atoms with Gasteiger partial charge in [-0.25, -0.2) is 0 Å². The van der Waals surface area contributed by atoms with Crippen LogP contribution in [0.3, 0.4) is 0 Å². The van der Waals surface area contributed by atoms with Gasteiger partial charge in [-0.2, -0.15) is 0 Å². The summed E-state index contributed by atoms with van der Waals surface area (Å²) in [5.74, 6) is 0. The first kappa shape index (κ1) is 4.78. The van der Waals surface area contributed by atoms with Gasteiger partial charge >= 0.3 is 0 Å². The number of benzene rings is 1. The van der Waals surface area contributed by atoms with Gasteiger partial charge < -0.3 is 0 Å². The molecular formula is C8H8BrCl. The maximum absolute atomic E-state index is 7.09. The van der Waals surface area contributed by atoms with Gasteiger partial charge in [0.05, 0.1) is 0 Å². The van der Waals surface area contributed by atoms with E-state index in [9.17, 15) is 0 Å². The van der Waals surface area contributed by atoms with Crippen LogP contribution in [0.4, 0.5) is 0 Å². The summed E-state index contributed by atoms with van der Waals surface area (Å²) in [6.07, 6.45) is 0.0478. The summed E-state index contributed by atoms with van der Waals surface area (Å²) in [5, 5.41) is 0.550. The molecule has 0 heterocycles. The SMILES string of the molecule is [2H]C([2H])([2H])Cc1cc(Cl)cc(Br)c1. The highest BCUT2D eigenvalue weighted by molar-refractivity contribution is 9.10. The van der Waals surface area contributed by atoms with Crippen molar-refractivity contribution in [2.45, 2.75) is 13.3 Å². The second-order valence-corrected chi connectivity index (χ2v) is 3.31. The van der Waals surface area contributed by atoms with Gasteiger partial charge in [0.1, 0.15) is 0 Å². The highest BCUT2D eigenvalue weighted by Gasteiger charge is 1.93. The zero-order chi connectivity index (χ0) is 10.1. The van der Waals surface area contributed by atoms with Crippen molar-refractivity contribution < 1.29 is 4.11 Å². The topological polar surface area (TPSA) is 0 Å². The largest absolute Gasteiger partial charge is 0.0843 e. The second kappa shape index (κ2) is 3.40. The molecule has 54 valence electrons. The minimum Gasteiger partial charge on any atom is -0.0843 e. The predicted octanol–water partition coefficient (Wildman–Crippen LogP) is 3.66. The van der Waals surface area contributed by atoms with Crippen LogP contribution >= 0.6 is 27.5 Å². The lowest BCUT2D eigenvalue weighted by atomic mass is 10.2. The predicted molar refractivity (Wildman–Crippen MR) is 48.5 cm³/mol. The molecule has 0 atom stereocenters. The van der Waals surface area contributed by atoms with Gasteiger partial charge in [-0.05, 0) is 30.2 Å². The smallest absolute Gasteiger partial charge is 0.0419 e. The van der Waals surface area contributed by atoms with E-state index >= 15 is 0 Å². The Morgan fingerprint density at radius 3 is 3.00 bits per heavy atom. The summed E-state index contributed by atoms with van der Waals surface area (Å²) < 4.78 is 22.1. The molecule has 1 rings (SSSR count). The molecule has 1 aromatic carbocycles. The van der Waals surface area contributed by atoms with Gasteiger partial charge in [0.15, 0.2) is 0 Å². The molecule has 1 aromatic rings. The summed E-state index contributed by atoms with van der Waals surface area (Å²) in [6, 6.07) is 5.15. The molecule has 0 aliphatic carbocycles. The monoisotopic (exact) mass is 221 g/mol. The molecule has 0 aromatic heterocycles. The molecule has 0 aliphatic heterocycles. The van der Waals surface area contributed by atoms with Crippen LogP contribution in [0, 0.1) is 0 Å². The van der Waals surface area contributed by atoms with E-state index in [4.69, 9.17) is 15.7 Å². The van der Waals surface area contributed by atoms with Crippen LogP contribution in [0.2, 0.25) is 5.02 Å². The molecule has 0 radical (unpaired) electrons. The molecule has 0 aliphatic rings. The van der Waals surface area contributed by atoms with Crippen molar-refractivity contribution in [2.75, 3.05) is 0 Å². The Labute approximate surface area is 78.5 Å². The normalized spacial score (nSPS) is 15.6. The average molecular weight is 223 g/mol. The fourth-order valence-corrected chi connectivity index (χ4v) is 1.64. The van der Waals surface area contributed by atoms with Gasteiger partial charge in [-0.15, -0.1) is 0 Å². The fraction of sp³-hybridized carbons (Fsp3) is 0.250. The highest BCUT2D eigenvalue weighted by atomic mass is 79.9. The van der Waals surface area contributed by atoms with Crippen molar-refractivity contribution in [2.24, 2.45) is 0 Å². The van der Waals surface area contributed by atoms with E-state index in [1.54, 1.807) is 18.2 Å². The molecule has 2 heteroatoms. The number of hydrogen-bond acceptors (Lipinski definition) is 0. The van der Waals surface area contributed by atoms with Crippen LogP contribution in [-0.4, -0.2) is 0 Å². The van der Waals surface area contributed by atoms with Crippen LogP contribution in [-0.2, 0) is 6.42 Å². The molecule has 0 saturated heterocycles. The Kier molecular flexibility index (Phi) is 1.63. The van der Waals surface area contributed by atoms with Crippen LogP contribution < -0.4 is 0 Å². The van der Waals surface area contributed by atoms with E-state index in [0.29, 0.717) is 5.02 Å². The standard InChI is InChI=1S/C8H8BrCl/c1-2-6-3-7(9)5-8(10)4-6/h3-5H,2H2,1H3/i1D3. The molecule has 0 saturated carbocycles. The van der Waals surface area contributed by atoms with Crippen LogP contribution in [0.5, 0.6) is 0 Å². The second-order valence-electron chi connectivity index (χ2n) is 1.95.